The molecule has 0 radical (unpaired) electrons. The van der Waals surface area contributed by atoms with Crippen LogP contribution in [0.15, 0.2) is 59.5 Å². The van der Waals surface area contributed by atoms with Crippen LogP contribution < -0.4 is 5.73 Å². The Bertz CT molecular complexity index is 1080. The van der Waals surface area contributed by atoms with E-state index in [2.05, 4.69) is 0 Å². The van der Waals surface area contributed by atoms with E-state index >= 15 is 0 Å². The van der Waals surface area contributed by atoms with E-state index in [1.165, 1.54) is 6.07 Å². The van der Waals surface area contributed by atoms with Crippen molar-refractivity contribution in [1.82, 2.24) is 4.90 Å². The minimum Gasteiger partial charge on any atom is -0.341 e. The molecule has 0 bridgehead atoms. The van der Waals surface area contributed by atoms with Crippen molar-refractivity contribution >= 4 is 15.7 Å². The lowest BCUT2D eigenvalue weighted by Crippen LogP contribution is -2.51. The van der Waals surface area contributed by atoms with Gasteiger partial charge in [0, 0.05) is 13.1 Å². The van der Waals surface area contributed by atoms with Gasteiger partial charge in [-0.3, -0.25) is 4.79 Å². The predicted molar refractivity (Wildman–Crippen MR) is 120 cm³/mol. The average molecular weight is 483 g/mol. The summed E-state index contributed by atoms with van der Waals surface area (Å²) < 4.78 is 64.5. The third kappa shape index (κ3) is 5.41. The maximum absolute atomic E-state index is 13.3. The molecule has 1 aliphatic heterocycles. The van der Waals surface area contributed by atoms with Crippen LogP contribution in [0.2, 0.25) is 0 Å². The van der Waals surface area contributed by atoms with Gasteiger partial charge in [-0.1, -0.05) is 36.4 Å². The summed E-state index contributed by atoms with van der Waals surface area (Å²) in [5.41, 5.74) is 6.08. The van der Waals surface area contributed by atoms with Gasteiger partial charge in [0.15, 0.2) is 9.84 Å². The summed E-state index contributed by atoms with van der Waals surface area (Å²) in [5, 5.41) is 0. The fourth-order valence-corrected chi connectivity index (χ4v) is 6.17. The van der Waals surface area contributed by atoms with Crippen molar-refractivity contribution in [2.75, 3.05) is 13.1 Å². The Morgan fingerprint density at radius 2 is 1.67 bits per heavy atom. The monoisotopic (exact) mass is 482 g/mol. The molecule has 2 aromatic rings. The van der Waals surface area contributed by atoms with E-state index in [-0.39, 0.29) is 16.7 Å². The Kier molecular flexibility index (Phi) is 7.24. The van der Waals surface area contributed by atoms with E-state index in [1.807, 2.05) is 30.3 Å². The molecule has 0 spiro atoms. The maximum Gasteiger partial charge on any atom is 0.416 e. The van der Waals surface area contributed by atoms with Crippen molar-refractivity contribution in [1.29, 1.82) is 0 Å². The second-order valence-corrected chi connectivity index (χ2v) is 11.6. The first kappa shape index (κ1) is 25.2. The SMILES string of the molecule is CC(C)(C1CCN(C(=O)C(N)Cc2ccccc2)CC1)S(=O)(=O)c1cccc(C(F)(F)F)c1. The second-order valence-electron chi connectivity index (χ2n) is 9.03. The Morgan fingerprint density at radius 3 is 2.24 bits per heavy atom. The summed E-state index contributed by atoms with van der Waals surface area (Å²) in [4.78, 5) is 14.1. The summed E-state index contributed by atoms with van der Waals surface area (Å²) >= 11 is 0. The highest BCUT2D eigenvalue weighted by atomic mass is 32.2. The number of nitrogens with zero attached hydrogens (tertiary/aromatic N) is 1. The number of carbonyl (C=O) groups is 1. The molecule has 2 aromatic carbocycles. The van der Waals surface area contributed by atoms with Gasteiger partial charge >= 0.3 is 6.18 Å². The van der Waals surface area contributed by atoms with Crippen LogP contribution in [0.3, 0.4) is 0 Å². The smallest absolute Gasteiger partial charge is 0.341 e. The molecule has 1 atom stereocenters. The Hall–Kier alpha value is -2.39. The topological polar surface area (TPSA) is 80.5 Å². The van der Waals surface area contributed by atoms with Gasteiger partial charge in [0.05, 0.1) is 21.2 Å². The number of rotatable bonds is 6. The first-order chi connectivity index (χ1) is 15.3. The number of hydrogen-bond acceptors (Lipinski definition) is 4. The van der Waals surface area contributed by atoms with Gasteiger partial charge in [0.1, 0.15) is 0 Å². The molecular weight excluding hydrogens is 453 g/mol. The lowest BCUT2D eigenvalue weighted by molar-refractivity contribution is -0.137. The molecule has 1 heterocycles. The van der Waals surface area contributed by atoms with Gasteiger partial charge in [-0.2, -0.15) is 13.2 Å². The zero-order valence-electron chi connectivity index (χ0n) is 18.7. The zero-order chi connectivity index (χ0) is 24.4. The highest BCUT2D eigenvalue weighted by Crippen LogP contribution is 2.39. The fourth-order valence-electron chi connectivity index (χ4n) is 4.35. The highest BCUT2D eigenvalue weighted by molar-refractivity contribution is 7.92. The molecule has 1 saturated heterocycles. The lowest BCUT2D eigenvalue weighted by Gasteiger charge is -2.40. The quantitative estimate of drug-likeness (QED) is 0.673. The van der Waals surface area contributed by atoms with Crippen molar-refractivity contribution in [3.63, 3.8) is 0 Å². The van der Waals surface area contributed by atoms with Crippen molar-refractivity contribution in [3.05, 3.63) is 65.7 Å². The largest absolute Gasteiger partial charge is 0.416 e. The van der Waals surface area contributed by atoms with E-state index in [4.69, 9.17) is 5.73 Å². The average Bonchev–Trinajstić information content (AvgIpc) is 2.78. The fraction of sp³-hybridized carbons (Fsp3) is 0.458. The molecule has 1 fully saturated rings. The van der Waals surface area contributed by atoms with Gasteiger partial charge in [-0.25, -0.2) is 8.42 Å². The number of halogens is 3. The van der Waals surface area contributed by atoms with Crippen LogP contribution in [-0.2, 0) is 27.2 Å². The van der Waals surface area contributed by atoms with Crippen LogP contribution in [0.4, 0.5) is 13.2 Å². The molecule has 9 heteroatoms. The zero-order valence-corrected chi connectivity index (χ0v) is 19.5. The summed E-state index contributed by atoms with van der Waals surface area (Å²) in [6.07, 6.45) is -3.36. The highest BCUT2D eigenvalue weighted by Gasteiger charge is 2.45. The standard InChI is InChI=1S/C24H29F3N2O3S/c1-23(2,33(31,32)20-10-6-9-19(16-20)24(25,26)27)18-11-13-29(14-12-18)22(30)21(28)15-17-7-4-3-5-8-17/h3-10,16,18,21H,11-15,28H2,1-2H3. The molecule has 2 N–H and O–H groups in total. The van der Waals surface area contributed by atoms with Gasteiger partial charge in [-0.15, -0.1) is 0 Å². The normalized spacial score (nSPS) is 17.1. The first-order valence-corrected chi connectivity index (χ1v) is 12.3. The van der Waals surface area contributed by atoms with Crippen molar-refractivity contribution in [2.45, 2.75) is 55.0 Å². The molecule has 1 aliphatic rings. The predicted octanol–water partition coefficient (Wildman–Crippen LogP) is 4.07. The third-order valence-corrected chi connectivity index (χ3v) is 9.16. The van der Waals surface area contributed by atoms with Crippen LogP contribution in [-0.4, -0.2) is 43.1 Å². The molecule has 1 unspecified atom stereocenters. The van der Waals surface area contributed by atoms with Crippen molar-refractivity contribution in [2.24, 2.45) is 11.7 Å². The molecule has 1 amide bonds. The van der Waals surface area contributed by atoms with E-state index in [0.717, 1.165) is 17.7 Å². The number of piperidine rings is 1. The van der Waals surface area contributed by atoms with Gasteiger partial charge < -0.3 is 10.6 Å². The molecular formula is C24H29F3N2O3S. The van der Waals surface area contributed by atoms with Gasteiger partial charge in [-0.05, 0) is 62.8 Å². The van der Waals surface area contributed by atoms with Gasteiger partial charge in [0.25, 0.3) is 0 Å². The van der Waals surface area contributed by atoms with Crippen LogP contribution in [0.1, 0.15) is 37.8 Å². The minimum absolute atomic E-state index is 0.184. The number of amides is 1. The van der Waals surface area contributed by atoms with E-state index in [9.17, 15) is 26.4 Å². The lowest BCUT2D eigenvalue weighted by atomic mass is 9.85. The molecule has 0 saturated carbocycles. The minimum atomic E-state index is -4.63. The second kappa shape index (κ2) is 9.46. The number of sulfone groups is 1. The molecule has 33 heavy (non-hydrogen) atoms. The summed E-state index contributed by atoms with van der Waals surface area (Å²) in [5.74, 6) is -0.498. The van der Waals surface area contributed by atoms with Crippen molar-refractivity contribution in [3.8, 4) is 0 Å². The first-order valence-electron chi connectivity index (χ1n) is 10.8. The molecule has 5 nitrogen and oxygen atoms in total. The van der Waals surface area contributed by atoms with E-state index in [1.54, 1.807) is 18.7 Å². The number of likely N-dealkylation sites (tertiary alicyclic amines) is 1. The van der Waals surface area contributed by atoms with Crippen LogP contribution in [0.25, 0.3) is 0 Å². The number of benzene rings is 2. The summed E-state index contributed by atoms with van der Waals surface area (Å²) in [6, 6.07) is 12.6. The van der Waals surface area contributed by atoms with Crippen LogP contribution in [0, 0.1) is 5.92 Å². The maximum atomic E-state index is 13.3. The molecule has 180 valence electrons. The molecule has 0 aliphatic carbocycles. The van der Waals surface area contributed by atoms with Crippen molar-refractivity contribution < 1.29 is 26.4 Å². The number of hydrogen-bond donors (Lipinski definition) is 1. The Morgan fingerprint density at radius 1 is 1.06 bits per heavy atom. The van der Waals surface area contributed by atoms with Crippen LogP contribution in [0.5, 0.6) is 0 Å². The van der Waals surface area contributed by atoms with Crippen LogP contribution >= 0.6 is 0 Å². The summed E-state index contributed by atoms with van der Waals surface area (Å²) in [7, 11) is -4.04. The summed E-state index contributed by atoms with van der Waals surface area (Å²) in [6.45, 7) is 3.80. The Balaban J connectivity index is 1.68. The number of carbonyl (C=O) groups excluding carboxylic acids is 1. The van der Waals surface area contributed by atoms with E-state index in [0.29, 0.717) is 38.4 Å². The number of alkyl halides is 3. The Labute approximate surface area is 192 Å². The molecule has 0 aromatic heterocycles. The number of nitrogens with two attached hydrogens (primary N) is 1. The molecule has 3 rings (SSSR count). The van der Waals surface area contributed by atoms with Gasteiger partial charge in [0.2, 0.25) is 5.91 Å². The van der Waals surface area contributed by atoms with E-state index < -0.39 is 32.4 Å². The third-order valence-electron chi connectivity index (χ3n) is 6.57.